The third-order valence-corrected chi connectivity index (χ3v) is 3.63. The van der Waals surface area contributed by atoms with Crippen LogP contribution in [0.15, 0.2) is 29.2 Å². The summed E-state index contributed by atoms with van der Waals surface area (Å²) in [6, 6.07) is 7.41. The topological polar surface area (TPSA) is 29.5 Å². The zero-order valence-corrected chi connectivity index (χ0v) is 11.5. The number of hydrogen-bond donors (Lipinski definition) is 1. The molecule has 3 nitrogen and oxygen atoms in total. The van der Waals surface area contributed by atoms with Gasteiger partial charge in [-0.25, -0.2) is 0 Å². The molecule has 0 aromatic heterocycles. The molecule has 0 saturated carbocycles. The van der Waals surface area contributed by atoms with Crippen molar-refractivity contribution < 1.29 is 9.53 Å². The van der Waals surface area contributed by atoms with Crippen molar-refractivity contribution in [3.05, 3.63) is 29.8 Å². The molecule has 1 fully saturated rings. The summed E-state index contributed by atoms with van der Waals surface area (Å²) in [6.07, 6.45) is 0.835. The summed E-state index contributed by atoms with van der Waals surface area (Å²) < 4.78 is 5.33. The van der Waals surface area contributed by atoms with Crippen molar-refractivity contribution in [2.24, 2.45) is 0 Å². The van der Waals surface area contributed by atoms with Crippen molar-refractivity contribution in [3.8, 4) is 0 Å². The fourth-order valence-electron chi connectivity index (χ4n) is 2.32. The lowest BCUT2D eigenvalue weighted by molar-refractivity contribution is 0.0170. The van der Waals surface area contributed by atoms with Gasteiger partial charge in [-0.15, -0.1) is 12.6 Å². The van der Waals surface area contributed by atoms with Crippen molar-refractivity contribution in [1.29, 1.82) is 0 Å². The monoisotopic (exact) mass is 265 g/mol. The number of carbonyl (C=O) groups is 1. The Morgan fingerprint density at radius 2 is 1.94 bits per heavy atom. The first-order chi connectivity index (χ1) is 8.72. The van der Waals surface area contributed by atoms with Crippen LogP contribution in [0.4, 0.5) is 0 Å². The minimum absolute atomic E-state index is 0.0281. The van der Waals surface area contributed by atoms with E-state index in [9.17, 15) is 4.79 Å². The molecule has 0 amide bonds. The summed E-state index contributed by atoms with van der Waals surface area (Å²) >= 11 is 4.24. The van der Waals surface area contributed by atoms with Crippen molar-refractivity contribution in [2.45, 2.75) is 24.3 Å². The zero-order valence-electron chi connectivity index (χ0n) is 10.6. The second-order valence-corrected chi connectivity index (χ2v) is 5.00. The molecule has 0 spiro atoms. The Kier molecular flexibility index (Phi) is 4.80. The Balaban J connectivity index is 2.11. The average molecular weight is 265 g/mol. The van der Waals surface area contributed by atoms with Gasteiger partial charge in [-0.3, -0.25) is 9.69 Å². The molecule has 1 heterocycles. The van der Waals surface area contributed by atoms with E-state index in [1.54, 1.807) is 0 Å². The van der Waals surface area contributed by atoms with E-state index in [4.69, 9.17) is 4.74 Å². The first kappa shape index (κ1) is 13.6. The second-order valence-electron chi connectivity index (χ2n) is 4.48. The standard InChI is InChI=1S/C14H19NO2S/c1-2-13(15-7-9-17-10-8-15)14(16)11-3-5-12(18)6-4-11/h3-6,13,18H,2,7-10H2,1H3. The maximum atomic E-state index is 12.5. The molecule has 2 rings (SSSR count). The van der Waals surface area contributed by atoms with Gasteiger partial charge in [0, 0.05) is 23.5 Å². The van der Waals surface area contributed by atoms with Crippen LogP contribution in [0.25, 0.3) is 0 Å². The number of Topliss-reactive ketones (excluding diaryl/α,β-unsaturated/α-hetero) is 1. The second kappa shape index (κ2) is 6.36. The minimum atomic E-state index is -0.0281. The lowest BCUT2D eigenvalue weighted by atomic mass is 10.0. The summed E-state index contributed by atoms with van der Waals surface area (Å²) in [5.41, 5.74) is 0.770. The molecule has 1 saturated heterocycles. The van der Waals surface area contributed by atoms with Gasteiger partial charge in [-0.2, -0.15) is 0 Å². The van der Waals surface area contributed by atoms with Crippen LogP contribution in [-0.2, 0) is 4.74 Å². The van der Waals surface area contributed by atoms with E-state index in [1.807, 2.05) is 24.3 Å². The summed E-state index contributed by atoms with van der Waals surface area (Å²) in [5.74, 6) is 0.202. The number of hydrogen-bond acceptors (Lipinski definition) is 4. The molecule has 1 unspecified atom stereocenters. The highest BCUT2D eigenvalue weighted by molar-refractivity contribution is 7.80. The van der Waals surface area contributed by atoms with Crippen LogP contribution in [0.5, 0.6) is 0 Å². The summed E-state index contributed by atoms with van der Waals surface area (Å²) in [4.78, 5) is 15.6. The highest BCUT2D eigenvalue weighted by Crippen LogP contribution is 2.15. The molecule has 1 aliphatic rings. The Morgan fingerprint density at radius 3 is 2.50 bits per heavy atom. The molecular weight excluding hydrogens is 246 g/mol. The van der Waals surface area contributed by atoms with Gasteiger partial charge in [0.2, 0.25) is 0 Å². The first-order valence-electron chi connectivity index (χ1n) is 6.37. The van der Waals surface area contributed by atoms with Gasteiger partial charge >= 0.3 is 0 Å². The zero-order chi connectivity index (χ0) is 13.0. The van der Waals surface area contributed by atoms with Gasteiger partial charge in [-0.1, -0.05) is 19.1 Å². The molecule has 1 aromatic rings. The van der Waals surface area contributed by atoms with Crippen molar-refractivity contribution in [2.75, 3.05) is 26.3 Å². The van der Waals surface area contributed by atoms with Gasteiger partial charge in [0.25, 0.3) is 0 Å². The highest BCUT2D eigenvalue weighted by atomic mass is 32.1. The van der Waals surface area contributed by atoms with Crippen molar-refractivity contribution >= 4 is 18.4 Å². The Hall–Kier alpha value is -0.840. The predicted molar refractivity (Wildman–Crippen MR) is 74.5 cm³/mol. The van der Waals surface area contributed by atoms with Crippen LogP contribution in [0.1, 0.15) is 23.7 Å². The van der Waals surface area contributed by atoms with E-state index in [0.29, 0.717) is 0 Å². The fourth-order valence-corrected chi connectivity index (χ4v) is 2.47. The summed E-state index contributed by atoms with van der Waals surface area (Å²) in [5, 5.41) is 0. The average Bonchev–Trinajstić information content (AvgIpc) is 2.41. The van der Waals surface area contributed by atoms with Gasteiger partial charge in [-0.05, 0) is 18.6 Å². The number of nitrogens with zero attached hydrogens (tertiary/aromatic N) is 1. The molecule has 98 valence electrons. The number of ether oxygens (including phenoxy) is 1. The van der Waals surface area contributed by atoms with Gasteiger partial charge in [0.15, 0.2) is 5.78 Å². The van der Waals surface area contributed by atoms with Crippen molar-refractivity contribution in [1.82, 2.24) is 4.90 Å². The number of rotatable bonds is 4. The van der Waals surface area contributed by atoms with E-state index in [0.717, 1.165) is 43.2 Å². The molecule has 0 bridgehead atoms. The van der Waals surface area contributed by atoms with Gasteiger partial charge < -0.3 is 4.74 Å². The van der Waals surface area contributed by atoms with Crippen LogP contribution >= 0.6 is 12.6 Å². The van der Waals surface area contributed by atoms with Gasteiger partial charge in [0.1, 0.15) is 0 Å². The Morgan fingerprint density at radius 1 is 1.33 bits per heavy atom. The molecular formula is C14H19NO2S. The maximum Gasteiger partial charge on any atom is 0.179 e. The van der Waals surface area contributed by atoms with E-state index in [2.05, 4.69) is 24.5 Å². The third-order valence-electron chi connectivity index (χ3n) is 3.33. The van der Waals surface area contributed by atoms with Crippen LogP contribution in [-0.4, -0.2) is 43.0 Å². The number of benzene rings is 1. The van der Waals surface area contributed by atoms with Crippen LogP contribution in [0.3, 0.4) is 0 Å². The normalized spacial score (nSPS) is 18.6. The van der Waals surface area contributed by atoms with Crippen LogP contribution in [0, 0.1) is 0 Å². The number of thiol groups is 1. The minimum Gasteiger partial charge on any atom is -0.379 e. The van der Waals surface area contributed by atoms with E-state index < -0.39 is 0 Å². The summed E-state index contributed by atoms with van der Waals surface area (Å²) in [6.45, 7) is 5.19. The van der Waals surface area contributed by atoms with E-state index in [1.165, 1.54) is 0 Å². The number of ketones is 1. The molecule has 4 heteroatoms. The quantitative estimate of drug-likeness (QED) is 0.669. The van der Waals surface area contributed by atoms with Gasteiger partial charge in [0.05, 0.1) is 19.3 Å². The number of morpholine rings is 1. The molecule has 18 heavy (non-hydrogen) atoms. The molecule has 0 radical (unpaired) electrons. The molecule has 0 aliphatic carbocycles. The van der Waals surface area contributed by atoms with Crippen LogP contribution in [0.2, 0.25) is 0 Å². The first-order valence-corrected chi connectivity index (χ1v) is 6.82. The Bertz CT molecular complexity index is 399. The third kappa shape index (κ3) is 3.13. The molecule has 1 aliphatic heterocycles. The fraction of sp³-hybridized carbons (Fsp3) is 0.500. The lowest BCUT2D eigenvalue weighted by Gasteiger charge is -2.33. The van der Waals surface area contributed by atoms with Crippen molar-refractivity contribution in [3.63, 3.8) is 0 Å². The van der Waals surface area contributed by atoms with E-state index in [-0.39, 0.29) is 11.8 Å². The lowest BCUT2D eigenvalue weighted by Crippen LogP contribution is -2.47. The molecule has 1 aromatic carbocycles. The van der Waals surface area contributed by atoms with E-state index >= 15 is 0 Å². The smallest absolute Gasteiger partial charge is 0.179 e. The summed E-state index contributed by atoms with van der Waals surface area (Å²) in [7, 11) is 0. The highest BCUT2D eigenvalue weighted by Gasteiger charge is 2.26. The maximum absolute atomic E-state index is 12.5. The largest absolute Gasteiger partial charge is 0.379 e. The molecule has 1 atom stereocenters. The predicted octanol–water partition coefficient (Wildman–Crippen LogP) is 2.27. The number of carbonyl (C=O) groups excluding carboxylic acids is 1. The van der Waals surface area contributed by atoms with Crippen LogP contribution < -0.4 is 0 Å². The Labute approximate surface area is 114 Å². The molecule has 0 N–H and O–H groups in total. The SMILES string of the molecule is CCC(C(=O)c1ccc(S)cc1)N1CCOCC1.